The van der Waals surface area contributed by atoms with Crippen LogP contribution in [-0.2, 0) is 5.41 Å². The van der Waals surface area contributed by atoms with Gasteiger partial charge in [-0.3, -0.25) is 4.99 Å². The van der Waals surface area contributed by atoms with Crippen molar-refractivity contribution in [3.8, 4) is 0 Å². The monoisotopic (exact) mass is 430 g/mol. The van der Waals surface area contributed by atoms with Crippen LogP contribution in [0.3, 0.4) is 0 Å². The highest BCUT2D eigenvalue weighted by Crippen LogP contribution is 2.43. The van der Waals surface area contributed by atoms with E-state index in [-0.39, 0.29) is 24.0 Å². The first-order valence-corrected chi connectivity index (χ1v) is 8.31. The summed E-state index contributed by atoms with van der Waals surface area (Å²) in [7, 11) is 6.05. The van der Waals surface area contributed by atoms with E-state index < -0.39 is 0 Å². The average Bonchev–Trinajstić information content (AvgIpc) is 2.49. The molecule has 23 heavy (non-hydrogen) atoms. The molecule has 2 N–H and O–H groups in total. The van der Waals surface area contributed by atoms with E-state index in [2.05, 4.69) is 65.0 Å². The highest BCUT2D eigenvalue weighted by molar-refractivity contribution is 14.0. The van der Waals surface area contributed by atoms with Crippen LogP contribution in [0, 0.1) is 0 Å². The van der Waals surface area contributed by atoms with E-state index in [1.165, 1.54) is 24.8 Å². The fourth-order valence-electron chi connectivity index (χ4n) is 3.04. The Morgan fingerprint density at radius 2 is 1.87 bits per heavy atom. The lowest BCUT2D eigenvalue weighted by atomic mass is 9.64. The van der Waals surface area contributed by atoms with Gasteiger partial charge in [0.05, 0.1) is 0 Å². The number of aliphatic imine (C=N–C) groups is 1. The Morgan fingerprint density at radius 1 is 1.17 bits per heavy atom. The Morgan fingerprint density at radius 3 is 2.39 bits per heavy atom. The van der Waals surface area contributed by atoms with E-state index in [4.69, 9.17) is 0 Å². The second kappa shape index (κ2) is 10.1. The number of benzene rings is 1. The van der Waals surface area contributed by atoms with Crippen molar-refractivity contribution in [2.24, 2.45) is 4.99 Å². The molecule has 0 spiro atoms. The number of halogens is 1. The Hall–Kier alpha value is -0.820. The molecule has 0 radical (unpaired) electrons. The molecule has 1 aliphatic rings. The molecular formula is C18H31IN4. The molecule has 0 bridgehead atoms. The van der Waals surface area contributed by atoms with Crippen molar-refractivity contribution in [2.75, 3.05) is 40.8 Å². The van der Waals surface area contributed by atoms with Crippen LogP contribution in [0.4, 0.5) is 0 Å². The number of nitrogens with one attached hydrogen (secondary N) is 2. The molecule has 0 unspecified atom stereocenters. The van der Waals surface area contributed by atoms with Gasteiger partial charge in [0.1, 0.15) is 0 Å². The molecule has 2 rings (SSSR count). The van der Waals surface area contributed by atoms with Crippen LogP contribution in [-0.4, -0.2) is 51.6 Å². The Balaban J connectivity index is 0.00000264. The summed E-state index contributed by atoms with van der Waals surface area (Å²) in [6.07, 6.45) is 4.98. The maximum absolute atomic E-state index is 4.34. The number of hydrogen-bond acceptors (Lipinski definition) is 2. The normalized spacial score (nSPS) is 16.4. The van der Waals surface area contributed by atoms with Gasteiger partial charge in [0.15, 0.2) is 5.96 Å². The minimum Gasteiger partial charge on any atom is -0.356 e. The van der Waals surface area contributed by atoms with E-state index in [0.29, 0.717) is 5.41 Å². The third-order valence-corrected chi connectivity index (χ3v) is 4.59. The van der Waals surface area contributed by atoms with E-state index in [1.54, 1.807) is 0 Å². The Bertz CT molecular complexity index is 469. The van der Waals surface area contributed by atoms with Gasteiger partial charge in [0, 0.05) is 25.6 Å². The van der Waals surface area contributed by atoms with Crippen LogP contribution in [0.5, 0.6) is 0 Å². The van der Waals surface area contributed by atoms with Crippen molar-refractivity contribution < 1.29 is 0 Å². The molecule has 0 saturated heterocycles. The topological polar surface area (TPSA) is 39.7 Å². The fourth-order valence-corrected chi connectivity index (χ4v) is 3.04. The zero-order chi connectivity index (χ0) is 15.8. The molecular weight excluding hydrogens is 399 g/mol. The maximum atomic E-state index is 4.34. The van der Waals surface area contributed by atoms with Gasteiger partial charge < -0.3 is 15.5 Å². The number of hydrogen-bond donors (Lipinski definition) is 2. The molecule has 0 heterocycles. The highest BCUT2D eigenvalue weighted by Gasteiger charge is 2.38. The molecule has 1 aromatic carbocycles. The largest absolute Gasteiger partial charge is 0.356 e. The van der Waals surface area contributed by atoms with Crippen LogP contribution in [0.2, 0.25) is 0 Å². The summed E-state index contributed by atoms with van der Waals surface area (Å²) in [6, 6.07) is 10.9. The van der Waals surface area contributed by atoms with Gasteiger partial charge in [0.2, 0.25) is 0 Å². The molecule has 130 valence electrons. The smallest absolute Gasteiger partial charge is 0.191 e. The maximum Gasteiger partial charge on any atom is 0.191 e. The third-order valence-electron chi connectivity index (χ3n) is 4.59. The SMILES string of the molecule is CN=C(NCCCN(C)C)NCC1(c2ccccc2)CCC1.I. The van der Waals surface area contributed by atoms with Crippen molar-refractivity contribution in [1.29, 1.82) is 0 Å². The Labute approximate surface area is 158 Å². The summed E-state index contributed by atoms with van der Waals surface area (Å²) in [5.74, 6) is 0.918. The van der Waals surface area contributed by atoms with Crippen LogP contribution < -0.4 is 10.6 Å². The van der Waals surface area contributed by atoms with E-state index in [9.17, 15) is 0 Å². The lowest BCUT2D eigenvalue weighted by Crippen LogP contribution is -2.49. The number of guanidine groups is 1. The summed E-state index contributed by atoms with van der Waals surface area (Å²) in [6.45, 7) is 3.01. The zero-order valence-corrected chi connectivity index (χ0v) is 17.0. The van der Waals surface area contributed by atoms with Gasteiger partial charge in [-0.2, -0.15) is 0 Å². The predicted octanol–water partition coefficient (Wildman–Crippen LogP) is 2.84. The molecule has 5 heteroatoms. The molecule has 1 aromatic rings. The predicted molar refractivity (Wildman–Crippen MR) is 110 cm³/mol. The molecule has 4 nitrogen and oxygen atoms in total. The number of nitrogens with zero attached hydrogens (tertiary/aromatic N) is 2. The molecule has 0 aromatic heterocycles. The quantitative estimate of drug-likeness (QED) is 0.303. The molecule has 0 amide bonds. The molecule has 1 fully saturated rings. The third kappa shape index (κ3) is 5.95. The highest BCUT2D eigenvalue weighted by atomic mass is 127. The molecule has 1 aliphatic carbocycles. The average molecular weight is 430 g/mol. The van der Waals surface area contributed by atoms with Crippen molar-refractivity contribution >= 4 is 29.9 Å². The van der Waals surface area contributed by atoms with E-state index in [1.807, 2.05) is 7.05 Å². The molecule has 0 atom stereocenters. The standard InChI is InChI=1S/C18H30N4.HI/c1-19-17(20-13-8-14-22(2)3)21-15-18(11-7-12-18)16-9-5-4-6-10-16;/h4-6,9-10H,7-8,11-15H2,1-3H3,(H2,19,20,21);1H. The van der Waals surface area contributed by atoms with E-state index >= 15 is 0 Å². The zero-order valence-electron chi connectivity index (χ0n) is 14.6. The van der Waals surface area contributed by atoms with Crippen LogP contribution in [0.25, 0.3) is 0 Å². The minimum absolute atomic E-state index is 0. The summed E-state index contributed by atoms with van der Waals surface area (Å²) in [5.41, 5.74) is 1.75. The van der Waals surface area contributed by atoms with Gasteiger partial charge in [-0.1, -0.05) is 36.8 Å². The first-order valence-electron chi connectivity index (χ1n) is 8.31. The first-order chi connectivity index (χ1) is 10.7. The van der Waals surface area contributed by atoms with E-state index in [0.717, 1.165) is 32.0 Å². The lowest BCUT2D eigenvalue weighted by Gasteiger charge is -2.43. The summed E-state index contributed by atoms with van der Waals surface area (Å²) < 4.78 is 0. The second-order valence-electron chi connectivity index (χ2n) is 6.51. The van der Waals surface area contributed by atoms with Crippen LogP contribution >= 0.6 is 24.0 Å². The fraction of sp³-hybridized carbons (Fsp3) is 0.611. The van der Waals surface area contributed by atoms with Crippen molar-refractivity contribution in [3.63, 3.8) is 0 Å². The first kappa shape index (κ1) is 20.2. The van der Waals surface area contributed by atoms with Gasteiger partial charge in [-0.15, -0.1) is 24.0 Å². The lowest BCUT2D eigenvalue weighted by molar-refractivity contribution is 0.244. The van der Waals surface area contributed by atoms with Gasteiger partial charge in [-0.25, -0.2) is 0 Å². The van der Waals surface area contributed by atoms with Crippen molar-refractivity contribution in [2.45, 2.75) is 31.1 Å². The summed E-state index contributed by atoms with van der Waals surface area (Å²) in [4.78, 5) is 6.55. The Kier molecular flexibility index (Phi) is 8.91. The van der Waals surface area contributed by atoms with Crippen LogP contribution in [0.15, 0.2) is 35.3 Å². The molecule has 0 aliphatic heterocycles. The summed E-state index contributed by atoms with van der Waals surface area (Å²) >= 11 is 0. The van der Waals surface area contributed by atoms with Gasteiger partial charge in [0.25, 0.3) is 0 Å². The van der Waals surface area contributed by atoms with Crippen molar-refractivity contribution in [3.05, 3.63) is 35.9 Å². The minimum atomic E-state index is 0. The van der Waals surface area contributed by atoms with Gasteiger partial charge >= 0.3 is 0 Å². The second-order valence-corrected chi connectivity index (χ2v) is 6.51. The van der Waals surface area contributed by atoms with Crippen molar-refractivity contribution in [1.82, 2.24) is 15.5 Å². The van der Waals surface area contributed by atoms with Crippen LogP contribution in [0.1, 0.15) is 31.2 Å². The van der Waals surface area contributed by atoms with Gasteiger partial charge in [-0.05, 0) is 45.5 Å². The number of rotatable bonds is 7. The summed E-state index contributed by atoms with van der Waals surface area (Å²) in [5, 5.41) is 6.93. The molecule has 1 saturated carbocycles.